The summed E-state index contributed by atoms with van der Waals surface area (Å²) in [4.78, 5) is 23.0. The van der Waals surface area contributed by atoms with Gasteiger partial charge in [-0.2, -0.15) is 0 Å². The number of ketones is 1. The highest BCUT2D eigenvalue weighted by Crippen LogP contribution is 2.36. The van der Waals surface area contributed by atoms with Gasteiger partial charge in [0.05, 0.1) is 6.61 Å². The van der Waals surface area contributed by atoms with E-state index in [1.165, 1.54) is 13.0 Å². The highest BCUT2D eigenvalue weighted by atomic mass is 16.8. The van der Waals surface area contributed by atoms with Crippen LogP contribution in [-0.4, -0.2) is 36.5 Å². The Balaban J connectivity index is 2.21. The molecule has 1 atom stereocenters. The van der Waals surface area contributed by atoms with Crippen LogP contribution in [0.4, 0.5) is 0 Å². The Morgan fingerprint density at radius 1 is 1.41 bits per heavy atom. The fourth-order valence-corrected chi connectivity index (χ4v) is 1.75. The van der Waals surface area contributed by atoms with Crippen molar-refractivity contribution in [1.82, 2.24) is 0 Å². The van der Waals surface area contributed by atoms with Gasteiger partial charge < -0.3 is 18.9 Å². The van der Waals surface area contributed by atoms with Crippen molar-refractivity contribution in [3.8, 4) is 0 Å². The van der Waals surface area contributed by atoms with Crippen LogP contribution in [0, 0.1) is 0 Å². The lowest BCUT2D eigenvalue weighted by molar-refractivity contribution is -0.242. The fourth-order valence-electron chi connectivity index (χ4n) is 1.75. The largest absolute Gasteiger partial charge is 0.423 e. The van der Waals surface area contributed by atoms with Gasteiger partial charge in [-0.3, -0.25) is 9.59 Å². The van der Waals surface area contributed by atoms with E-state index in [1.54, 1.807) is 13.8 Å². The second-order valence-corrected chi connectivity index (χ2v) is 4.35. The predicted octanol–water partition coefficient (Wildman–Crippen LogP) is 0.512. The summed E-state index contributed by atoms with van der Waals surface area (Å²) in [7, 11) is 0. The Morgan fingerprint density at radius 2 is 2.12 bits per heavy atom. The summed E-state index contributed by atoms with van der Waals surface area (Å²) >= 11 is 0. The van der Waals surface area contributed by atoms with Crippen LogP contribution in [0.3, 0.4) is 0 Å². The first-order valence-corrected chi connectivity index (χ1v) is 5.26. The first kappa shape index (κ1) is 12.2. The standard InChI is InChI=1S/C11H14O6/c1-7(12)16-8-4-5-14-11(9(8)13)6-15-10(2,3)17-11/h4H,5-6H2,1-3H3/t11-/m1/s1. The van der Waals surface area contributed by atoms with Crippen molar-refractivity contribution in [2.75, 3.05) is 13.2 Å². The highest BCUT2D eigenvalue weighted by molar-refractivity contribution is 6.01. The van der Waals surface area contributed by atoms with E-state index < -0.39 is 23.3 Å². The van der Waals surface area contributed by atoms with Crippen molar-refractivity contribution in [2.24, 2.45) is 0 Å². The van der Waals surface area contributed by atoms with E-state index >= 15 is 0 Å². The summed E-state index contributed by atoms with van der Waals surface area (Å²) in [5, 5.41) is 0. The van der Waals surface area contributed by atoms with Crippen LogP contribution >= 0.6 is 0 Å². The third-order valence-corrected chi connectivity index (χ3v) is 2.43. The van der Waals surface area contributed by atoms with E-state index in [0.29, 0.717) is 0 Å². The van der Waals surface area contributed by atoms with Gasteiger partial charge in [-0.15, -0.1) is 0 Å². The monoisotopic (exact) mass is 242 g/mol. The second kappa shape index (κ2) is 3.90. The molecule has 2 rings (SSSR count). The average Bonchev–Trinajstić information content (AvgIpc) is 2.51. The Bertz CT molecular complexity index is 397. The zero-order valence-corrected chi connectivity index (χ0v) is 9.94. The highest BCUT2D eigenvalue weighted by Gasteiger charge is 2.55. The maximum absolute atomic E-state index is 12.1. The van der Waals surface area contributed by atoms with Crippen LogP contribution in [0.25, 0.3) is 0 Å². The molecule has 2 heterocycles. The lowest BCUT2D eigenvalue weighted by Gasteiger charge is -2.30. The van der Waals surface area contributed by atoms with E-state index in [9.17, 15) is 9.59 Å². The quantitative estimate of drug-likeness (QED) is 0.624. The van der Waals surface area contributed by atoms with Crippen molar-refractivity contribution >= 4 is 11.8 Å². The molecule has 0 aromatic rings. The van der Waals surface area contributed by atoms with E-state index in [-0.39, 0.29) is 19.0 Å². The molecule has 0 radical (unpaired) electrons. The second-order valence-electron chi connectivity index (χ2n) is 4.35. The van der Waals surface area contributed by atoms with Gasteiger partial charge in [0, 0.05) is 6.92 Å². The molecule has 1 spiro atoms. The number of carbonyl (C=O) groups excluding carboxylic acids is 2. The average molecular weight is 242 g/mol. The minimum atomic E-state index is -1.48. The van der Waals surface area contributed by atoms with Crippen LogP contribution in [0.15, 0.2) is 11.8 Å². The van der Waals surface area contributed by atoms with Crippen LogP contribution in [0.1, 0.15) is 20.8 Å². The van der Waals surface area contributed by atoms with Gasteiger partial charge in [0.1, 0.15) is 6.61 Å². The zero-order valence-electron chi connectivity index (χ0n) is 9.94. The molecule has 0 bridgehead atoms. The van der Waals surface area contributed by atoms with Crippen molar-refractivity contribution in [1.29, 1.82) is 0 Å². The summed E-state index contributed by atoms with van der Waals surface area (Å²) < 4.78 is 20.9. The van der Waals surface area contributed by atoms with Gasteiger partial charge in [-0.25, -0.2) is 0 Å². The van der Waals surface area contributed by atoms with E-state index in [1.807, 2.05) is 0 Å². The Labute approximate surface area is 98.5 Å². The van der Waals surface area contributed by atoms with Gasteiger partial charge in [0.2, 0.25) is 0 Å². The topological polar surface area (TPSA) is 71.1 Å². The number of esters is 1. The molecule has 2 aliphatic heterocycles. The molecule has 0 aliphatic carbocycles. The SMILES string of the molecule is CC(=O)OC1=CCO[C@@]2(COC(C)(C)O2)C1=O. The molecule has 0 unspecified atom stereocenters. The van der Waals surface area contributed by atoms with Crippen LogP contribution in [-0.2, 0) is 28.5 Å². The summed E-state index contributed by atoms with van der Waals surface area (Å²) in [6, 6.07) is 0. The predicted molar refractivity (Wildman–Crippen MR) is 54.7 cm³/mol. The molecule has 0 aromatic carbocycles. The lowest BCUT2D eigenvalue weighted by Crippen LogP contribution is -2.49. The first-order valence-electron chi connectivity index (χ1n) is 5.26. The van der Waals surface area contributed by atoms with Gasteiger partial charge in [-0.1, -0.05) is 0 Å². The summed E-state index contributed by atoms with van der Waals surface area (Å²) in [6.07, 6.45) is 1.41. The zero-order chi connectivity index (χ0) is 12.7. The van der Waals surface area contributed by atoms with E-state index in [4.69, 9.17) is 18.9 Å². The molecule has 0 saturated carbocycles. The van der Waals surface area contributed by atoms with Crippen molar-refractivity contribution in [2.45, 2.75) is 32.3 Å². The van der Waals surface area contributed by atoms with Crippen LogP contribution in [0.2, 0.25) is 0 Å². The molecule has 2 aliphatic rings. The number of Topliss-reactive ketones (excluding diaryl/α,β-unsaturated/α-hetero) is 1. The van der Waals surface area contributed by atoms with Crippen molar-refractivity contribution in [3.05, 3.63) is 11.8 Å². The molecule has 17 heavy (non-hydrogen) atoms. The molecule has 0 amide bonds. The van der Waals surface area contributed by atoms with Gasteiger partial charge in [0.15, 0.2) is 11.5 Å². The maximum atomic E-state index is 12.1. The Kier molecular flexibility index (Phi) is 2.81. The molecular weight excluding hydrogens is 228 g/mol. The first-order chi connectivity index (χ1) is 7.85. The van der Waals surface area contributed by atoms with Gasteiger partial charge in [-0.05, 0) is 19.9 Å². The number of ether oxygens (including phenoxy) is 4. The lowest BCUT2D eigenvalue weighted by atomic mass is 10.1. The minimum Gasteiger partial charge on any atom is -0.423 e. The molecular formula is C11H14O6. The van der Waals surface area contributed by atoms with E-state index in [0.717, 1.165) is 0 Å². The summed E-state index contributed by atoms with van der Waals surface area (Å²) in [5.74, 6) is -3.51. The molecule has 1 fully saturated rings. The molecule has 0 N–H and O–H groups in total. The van der Waals surface area contributed by atoms with Crippen LogP contribution < -0.4 is 0 Å². The number of hydrogen-bond donors (Lipinski definition) is 0. The number of carbonyl (C=O) groups is 2. The van der Waals surface area contributed by atoms with Crippen molar-refractivity contribution in [3.63, 3.8) is 0 Å². The molecule has 6 heteroatoms. The Hall–Kier alpha value is -1.24. The molecule has 0 aromatic heterocycles. The minimum absolute atomic E-state index is 0.0164. The van der Waals surface area contributed by atoms with Crippen molar-refractivity contribution < 1.29 is 28.5 Å². The van der Waals surface area contributed by atoms with E-state index in [2.05, 4.69) is 0 Å². The maximum Gasteiger partial charge on any atom is 0.308 e. The van der Waals surface area contributed by atoms with Crippen LogP contribution in [0.5, 0.6) is 0 Å². The fraction of sp³-hybridized carbons (Fsp3) is 0.636. The summed E-state index contributed by atoms with van der Waals surface area (Å²) in [6.45, 7) is 4.71. The van der Waals surface area contributed by atoms with Gasteiger partial charge >= 0.3 is 5.97 Å². The molecule has 6 nitrogen and oxygen atoms in total. The molecule has 94 valence electrons. The molecule has 1 saturated heterocycles. The van der Waals surface area contributed by atoms with Gasteiger partial charge in [0.25, 0.3) is 11.6 Å². The smallest absolute Gasteiger partial charge is 0.308 e. The third kappa shape index (κ3) is 2.24. The number of hydrogen-bond acceptors (Lipinski definition) is 6. The normalized spacial score (nSPS) is 31.5. The Morgan fingerprint density at radius 3 is 2.65 bits per heavy atom. The third-order valence-electron chi connectivity index (χ3n) is 2.43. The summed E-state index contributed by atoms with van der Waals surface area (Å²) in [5.41, 5.74) is 0. The number of rotatable bonds is 1.